The average Bonchev–Trinajstić information content (AvgIpc) is 2.42. The van der Waals surface area contributed by atoms with Crippen LogP contribution in [0.1, 0.15) is 11.1 Å². The van der Waals surface area contributed by atoms with Crippen LogP contribution >= 0.6 is 23.2 Å². The summed E-state index contributed by atoms with van der Waals surface area (Å²) in [5, 5.41) is 4.90. The summed E-state index contributed by atoms with van der Waals surface area (Å²) >= 11 is 12.2. The van der Waals surface area contributed by atoms with E-state index in [0.717, 1.165) is 34.7 Å². The van der Waals surface area contributed by atoms with E-state index < -0.39 is 0 Å². The first kappa shape index (κ1) is 17.1. The molecule has 2 aromatic rings. The third-order valence-electron chi connectivity index (χ3n) is 3.68. The fourth-order valence-corrected chi connectivity index (χ4v) is 2.92. The molecule has 4 heteroatoms. The Hall–Kier alpha value is -1.22. The molecule has 0 aromatic heterocycles. The highest BCUT2D eigenvalue weighted by molar-refractivity contribution is 6.35. The van der Waals surface area contributed by atoms with E-state index in [1.54, 1.807) is 0 Å². The summed E-state index contributed by atoms with van der Waals surface area (Å²) in [7, 11) is 4.42. The first-order valence-corrected chi connectivity index (χ1v) is 8.18. The standard InChI is InChI=1S/C18H23Cl2N2/c1-14-5-4-6-17(11-14)21-9-10-22(2,3)13-15-7-8-16(19)12-18(15)20/h4-8,11-12,21H,9-10,13H2,1-3H3/q+1. The molecule has 0 amide bonds. The number of hydrogen-bond donors (Lipinski definition) is 1. The Bertz CT molecular complexity index is 639. The molecule has 118 valence electrons. The van der Waals surface area contributed by atoms with Crippen LogP contribution in [0.5, 0.6) is 0 Å². The Morgan fingerprint density at radius 2 is 1.82 bits per heavy atom. The smallest absolute Gasteiger partial charge is 0.105 e. The molecule has 22 heavy (non-hydrogen) atoms. The highest BCUT2D eigenvalue weighted by Crippen LogP contribution is 2.23. The molecule has 0 aliphatic carbocycles. The van der Waals surface area contributed by atoms with Gasteiger partial charge in [-0.2, -0.15) is 0 Å². The maximum Gasteiger partial charge on any atom is 0.105 e. The number of aryl methyl sites for hydroxylation is 1. The summed E-state index contributed by atoms with van der Waals surface area (Å²) in [6.45, 7) is 4.91. The normalized spacial score (nSPS) is 11.5. The molecule has 1 N–H and O–H groups in total. The highest BCUT2D eigenvalue weighted by Gasteiger charge is 2.17. The minimum absolute atomic E-state index is 0.681. The third-order valence-corrected chi connectivity index (χ3v) is 4.26. The van der Waals surface area contributed by atoms with Crippen molar-refractivity contribution in [3.05, 3.63) is 63.6 Å². The number of benzene rings is 2. The van der Waals surface area contributed by atoms with Gasteiger partial charge in [-0.1, -0.05) is 41.4 Å². The number of halogens is 2. The summed E-state index contributed by atoms with van der Waals surface area (Å²) in [5.41, 5.74) is 3.57. The summed E-state index contributed by atoms with van der Waals surface area (Å²) in [4.78, 5) is 0. The lowest BCUT2D eigenvalue weighted by molar-refractivity contribution is -0.901. The average molecular weight is 338 g/mol. The Labute approximate surface area is 143 Å². The van der Waals surface area contributed by atoms with Crippen molar-refractivity contribution in [1.82, 2.24) is 0 Å². The number of likely N-dealkylation sites (N-methyl/N-ethyl adjacent to an activating group) is 1. The molecule has 0 spiro atoms. The molecule has 2 rings (SSSR count). The predicted molar refractivity (Wildman–Crippen MR) is 96.8 cm³/mol. The van der Waals surface area contributed by atoms with Gasteiger partial charge in [0.05, 0.1) is 32.2 Å². The second kappa shape index (κ2) is 7.36. The number of nitrogens with one attached hydrogen (secondary N) is 1. The van der Waals surface area contributed by atoms with Crippen molar-refractivity contribution in [2.45, 2.75) is 13.5 Å². The summed E-state index contributed by atoms with van der Waals surface area (Å²) in [5.74, 6) is 0. The van der Waals surface area contributed by atoms with E-state index in [-0.39, 0.29) is 0 Å². The Morgan fingerprint density at radius 1 is 1.05 bits per heavy atom. The van der Waals surface area contributed by atoms with Gasteiger partial charge in [0.25, 0.3) is 0 Å². The van der Waals surface area contributed by atoms with Crippen molar-refractivity contribution < 1.29 is 4.48 Å². The van der Waals surface area contributed by atoms with Crippen LogP contribution in [0.4, 0.5) is 5.69 Å². The van der Waals surface area contributed by atoms with Crippen LogP contribution in [-0.4, -0.2) is 31.7 Å². The van der Waals surface area contributed by atoms with Gasteiger partial charge in [0.2, 0.25) is 0 Å². The van der Waals surface area contributed by atoms with E-state index in [9.17, 15) is 0 Å². The third kappa shape index (κ3) is 5.20. The molecule has 2 nitrogen and oxygen atoms in total. The molecule has 0 saturated carbocycles. The van der Waals surface area contributed by atoms with Gasteiger partial charge >= 0.3 is 0 Å². The van der Waals surface area contributed by atoms with E-state index in [2.05, 4.69) is 50.6 Å². The van der Waals surface area contributed by atoms with Gasteiger partial charge in [0, 0.05) is 16.3 Å². The van der Waals surface area contributed by atoms with Gasteiger partial charge in [-0.05, 0) is 36.8 Å². The Morgan fingerprint density at radius 3 is 2.50 bits per heavy atom. The first-order valence-electron chi connectivity index (χ1n) is 7.42. The maximum absolute atomic E-state index is 6.27. The van der Waals surface area contributed by atoms with Crippen LogP contribution in [0.25, 0.3) is 0 Å². The molecule has 0 fully saturated rings. The lowest BCUT2D eigenvalue weighted by Crippen LogP contribution is -2.42. The van der Waals surface area contributed by atoms with Crippen molar-refractivity contribution in [1.29, 1.82) is 0 Å². The number of rotatable bonds is 6. The van der Waals surface area contributed by atoms with Crippen molar-refractivity contribution in [2.24, 2.45) is 0 Å². The SMILES string of the molecule is Cc1cccc(NCC[N+](C)(C)Cc2ccc(Cl)cc2Cl)c1. The number of anilines is 1. The number of quaternary nitrogens is 1. The van der Waals surface area contributed by atoms with E-state index in [1.807, 2.05) is 18.2 Å². The lowest BCUT2D eigenvalue weighted by Gasteiger charge is -2.30. The van der Waals surface area contributed by atoms with Crippen molar-refractivity contribution >= 4 is 28.9 Å². The number of hydrogen-bond acceptors (Lipinski definition) is 1. The first-order chi connectivity index (χ1) is 10.4. The molecule has 0 unspecified atom stereocenters. The monoisotopic (exact) mass is 337 g/mol. The minimum atomic E-state index is 0.681. The summed E-state index contributed by atoms with van der Waals surface area (Å²) < 4.78 is 0.861. The van der Waals surface area contributed by atoms with Gasteiger partial charge in [-0.25, -0.2) is 0 Å². The summed E-state index contributed by atoms with van der Waals surface area (Å²) in [6, 6.07) is 14.2. The molecular weight excluding hydrogens is 315 g/mol. The van der Waals surface area contributed by atoms with Crippen molar-refractivity contribution in [3.8, 4) is 0 Å². The fraction of sp³-hybridized carbons (Fsp3) is 0.333. The number of nitrogens with zero attached hydrogens (tertiary/aromatic N) is 1. The van der Waals surface area contributed by atoms with Gasteiger partial charge in [0.15, 0.2) is 0 Å². The van der Waals surface area contributed by atoms with E-state index in [4.69, 9.17) is 23.2 Å². The molecule has 2 aromatic carbocycles. The van der Waals surface area contributed by atoms with Crippen LogP contribution in [0, 0.1) is 6.92 Å². The van der Waals surface area contributed by atoms with Crippen LogP contribution < -0.4 is 5.32 Å². The molecule has 0 atom stereocenters. The second-order valence-electron chi connectivity index (χ2n) is 6.35. The molecule has 0 heterocycles. The largest absolute Gasteiger partial charge is 0.379 e. The zero-order valence-corrected chi connectivity index (χ0v) is 14.9. The van der Waals surface area contributed by atoms with Gasteiger partial charge < -0.3 is 9.80 Å². The fourth-order valence-electron chi connectivity index (χ4n) is 2.45. The molecule has 0 saturated heterocycles. The lowest BCUT2D eigenvalue weighted by atomic mass is 10.2. The van der Waals surface area contributed by atoms with Crippen molar-refractivity contribution in [3.63, 3.8) is 0 Å². The van der Waals surface area contributed by atoms with Crippen molar-refractivity contribution in [2.75, 3.05) is 32.5 Å². The quantitative estimate of drug-likeness (QED) is 0.732. The predicted octanol–water partition coefficient (Wildman–Crippen LogP) is 4.99. The van der Waals surface area contributed by atoms with Crippen LogP contribution in [-0.2, 0) is 6.54 Å². The molecule has 0 radical (unpaired) electrons. The minimum Gasteiger partial charge on any atom is -0.379 e. The maximum atomic E-state index is 6.27. The summed E-state index contributed by atoms with van der Waals surface area (Å²) in [6.07, 6.45) is 0. The van der Waals surface area contributed by atoms with E-state index in [1.165, 1.54) is 11.3 Å². The van der Waals surface area contributed by atoms with Gasteiger partial charge in [-0.3, -0.25) is 0 Å². The molecule has 0 bridgehead atoms. The van der Waals surface area contributed by atoms with Crippen LogP contribution in [0.3, 0.4) is 0 Å². The Kier molecular flexibility index (Phi) is 5.74. The van der Waals surface area contributed by atoms with E-state index >= 15 is 0 Å². The molecule has 0 aliphatic rings. The van der Waals surface area contributed by atoms with Gasteiger partial charge in [-0.15, -0.1) is 0 Å². The highest BCUT2D eigenvalue weighted by atomic mass is 35.5. The van der Waals surface area contributed by atoms with E-state index in [0.29, 0.717) is 5.02 Å². The zero-order chi connectivity index (χ0) is 16.2. The topological polar surface area (TPSA) is 12.0 Å². The van der Waals surface area contributed by atoms with Crippen LogP contribution in [0.15, 0.2) is 42.5 Å². The van der Waals surface area contributed by atoms with Gasteiger partial charge in [0.1, 0.15) is 6.54 Å². The van der Waals surface area contributed by atoms with Crippen LogP contribution in [0.2, 0.25) is 10.0 Å². The zero-order valence-electron chi connectivity index (χ0n) is 13.4. The molecular formula is C18H23Cl2N2+. The molecule has 0 aliphatic heterocycles. The second-order valence-corrected chi connectivity index (χ2v) is 7.19. The Balaban J connectivity index is 1.90.